The molecule has 0 radical (unpaired) electrons. The predicted octanol–water partition coefficient (Wildman–Crippen LogP) is 3.31. The summed E-state index contributed by atoms with van der Waals surface area (Å²) in [5.41, 5.74) is 1.42. The average molecular weight is 316 g/mol. The van der Waals surface area contributed by atoms with Crippen LogP contribution in [-0.4, -0.2) is 23.0 Å². The third-order valence-electron chi connectivity index (χ3n) is 3.91. The van der Waals surface area contributed by atoms with E-state index in [4.69, 9.17) is 11.6 Å². The Balaban J connectivity index is 2.01. The Morgan fingerprint density at radius 1 is 1.09 bits per heavy atom. The quantitative estimate of drug-likeness (QED) is 0.945. The number of hydrogen-bond donors (Lipinski definition) is 1. The summed E-state index contributed by atoms with van der Waals surface area (Å²) in [7, 11) is 0. The minimum atomic E-state index is -1.00. The Morgan fingerprint density at radius 3 is 2.32 bits per heavy atom. The average Bonchev–Trinajstić information content (AvgIpc) is 2.87. The van der Waals surface area contributed by atoms with E-state index in [1.165, 1.54) is 4.90 Å². The fourth-order valence-electron chi connectivity index (χ4n) is 2.92. The molecule has 0 unspecified atom stereocenters. The van der Waals surface area contributed by atoms with Crippen molar-refractivity contribution in [2.75, 3.05) is 4.90 Å². The van der Waals surface area contributed by atoms with Gasteiger partial charge < -0.3 is 5.11 Å². The van der Waals surface area contributed by atoms with Gasteiger partial charge in [0.05, 0.1) is 0 Å². The summed E-state index contributed by atoms with van der Waals surface area (Å²) in [6, 6.07) is 15.0. The minimum Gasteiger partial charge on any atom is -0.480 e. The lowest BCUT2D eigenvalue weighted by Crippen LogP contribution is -2.40. The molecule has 0 aromatic heterocycles. The van der Waals surface area contributed by atoms with Crippen molar-refractivity contribution >= 4 is 29.2 Å². The largest absolute Gasteiger partial charge is 0.480 e. The normalized spacial score (nSPS) is 21.1. The van der Waals surface area contributed by atoms with E-state index in [9.17, 15) is 14.7 Å². The van der Waals surface area contributed by atoms with E-state index in [1.807, 2.05) is 30.3 Å². The molecule has 5 heteroatoms. The van der Waals surface area contributed by atoms with Gasteiger partial charge in [0.15, 0.2) is 0 Å². The fraction of sp³-hybridized carbons (Fsp3) is 0.176. The molecule has 0 bridgehead atoms. The number of amides is 1. The Hall–Kier alpha value is -2.33. The molecular formula is C17H14ClNO3. The lowest BCUT2D eigenvalue weighted by atomic mass is 9.91. The third kappa shape index (κ3) is 2.57. The summed E-state index contributed by atoms with van der Waals surface area (Å²) < 4.78 is 0. The number of carbonyl (C=O) groups excluding carboxylic acids is 1. The second-order valence-electron chi connectivity index (χ2n) is 5.24. The van der Waals surface area contributed by atoms with Gasteiger partial charge in [-0.2, -0.15) is 0 Å². The Morgan fingerprint density at radius 2 is 1.73 bits per heavy atom. The van der Waals surface area contributed by atoms with E-state index in [0.29, 0.717) is 10.7 Å². The van der Waals surface area contributed by atoms with Gasteiger partial charge in [-0.1, -0.05) is 41.9 Å². The first-order valence-corrected chi connectivity index (χ1v) is 7.31. The Bertz CT molecular complexity index is 700. The molecule has 1 saturated heterocycles. The van der Waals surface area contributed by atoms with Crippen molar-refractivity contribution in [1.82, 2.24) is 0 Å². The number of hydrogen-bond acceptors (Lipinski definition) is 2. The molecule has 3 rings (SSSR count). The van der Waals surface area contributed by atoms with E-state index < -0.39 is 12.0 Å². The van der Waals surface area contributed by atoms with Gasteiger partial charge in [-0.05, 0) is 29.8 Å². The van der Waals surface area contributed by atoms with Crippen LogP contribution in [0, 0.1) is 0 Å². The topological polar surface area (TPSA) is 57.6 Å². The number of halogens is 1. The van der Waals surface area contributed by atoms with E-state index in [-0.39, 0.29) is 18.2 Å². The molecule has 2 aromatic carbocycles. The van der Waals surface area contributed by atoms with E-state index in [2.05, 4.69) is 0 Å². The summed E-state index contributed by atoms with van der Waals surface area (Å²) >= 11 is 5.86. The van der Waals surface area contributed by atoms with Crippen molar-refractivity contribution in [2.24, 2.45) is 0 Å². The van der Waals surface area contributed by atoms with Gasteiger partial charge in [0.1, 0.15) is 6.04 Å². The SMILES string of the molecule is O=C(O)[C@@H]1[C@@H](c2ccccc2)CC(=O)N1c1ccc(Cl)cc1. The molecule has 0 saturated carbocycles. The summed E-state index contributed by atoms with van der Waals surface area (Å²) in [5, 5.41) is 10.2. The summed E-state index contributed by atoms with van der Waals surface area (Å²) in [6.07, 6.45) is 0.184. The molecule has 2 aromatic rings. The highest BCUT2D eigenvalue weighted by Gasteiger charge is 2.45. The maximum Gasteiger partial charge on any atom is 0.327 e. The van der Waals surface area contributed by atoms with Crippen LogP contribution < -0.4 is 4.90 Å². The number of carboxylic acids is 1. The number of nitrogens with zero attached hydrogens (tertiary/aromatic N) is 1. The summed E-state index contributed by atoms with van der Waals surface area (Å²) in [4.78, 5) is 25.5. The summed E-state index contributed by atoms with van der Waals surface area (Å²) in [6.45, 7) is 0. The van der Waals surface area contributed by atoms with E-state index in [0.717, 1.165) is 5.56 Å². The molecule has 0 aliphatic carbocycles. The highest BCUT2D eigenvalue weighted by molar-refractivity contribution is 6.30. The first-order valence-electron chi connectivity index (χ1n) is 6.93. The van der Waals surface area contributed by atoms with Gasteiger partial charge in [0.2, 0.25) is 5.91 Å². The molecule has 1 aliphatic rings. The van der Waals surface area contributed by atoms with Crippen molar-refractivity contribution in [2.45, 2.75) is 18.4 Å². The second kappa shape index (κ2) is 5.81. The van der Waals surface area contributed by atoms with E-state index >= 15 is 0 Å². The van der Waals surface area contributed by atoms with Gasteiger partial charge >= 0.3 is 5.97 Å². The molecule has 4 nitrogen and oxygen atoms in total. The molecule has 1 amide bonds. The van der Waals surface area contributed by atoms with Crippen molar-refractivity contribution in [3.05, 3.63) is 65.2 Å². The third-order valence-corrected chi connectivity index (χ3v) is 4.16. The van der Waals surface area contributed by atoms with Crippen LogP contribution in [0.3, 0.4) is 0 Å². The molecular weight excluding hydrogens is 302 g/mol. The Kier molecular flexibility index (Phi) is 3.86. The zero-order valence-corrected chi connectivity index (χ0v) is 12.4. The van der Waals surface area contributed by atoms with Crippen LogP contribution in [-0.2, 0) is 9.59 Å². The van der Waals surface area contributed by atoms with Gasteiger partial charge in [-0.15, -0.1) is 0 Å². The van der Waals surface area contributed by atoms with Crippen molar-refractivity contribution < 1.29 is 14.7 Å². The highest BCUT2D eigenvalue weighted by atomic mass is 35.5. The van der Waals surface area contributed by atoms with Crippen LogP contribution in [0.5, 0.6) is 0 Å². The molecule has 22 heavy (non-hydrogen) atoms. The van der Waals surface area contributed by atoms with Gasteiger partial charge in [0.25, 0.3) is 0 Å². The van der Waals surface area contributed by atoms with E-state index in [1.54, 1.807) is 24.3 Å². The number of carbonyl (C=O) groups is 2. The lowest BCUT2D eigenvalue weighted by molar-refractivity contribution is -0.139. The van der Waals surface area contributed by atoms with Crippen molar-refractivity contribution in [3.8, 4) is 0 Å². The smallest absolute Gasteiger partial charge is 0.327 e. The van der Waals surface area contributed by atoms with Crippen molar-refractivity contribution in [3.63, 3.8) is 0 Å². The molecule has 2 atom stereocenters. The molecule has 0 spiro atoms. The van der Waals surface area contributed by atoms with Gasteiger partial charge in [-0.25, -0.2) is 4.79 Å². The molecule has 1 N–H and O–H groups in total. The van der Waals surface area contributed by atoms with Gasteiger partial charge in [0, 0.05) is 23.0 Å². The number of benzene rings is 2. The zero-order valence-electron chi connectivity index (χ0n) is 11.6. The standard InChI is InChI=1S/C17H14ClNO3/c18-12-6-8-13(9-7-12)19-15(20)10-14(16(19)17(21)22)11-4-2-1-3-5-11/h1-9,14,16H,10H2,(H,21,22)/t14-,16+/m1/s1. The van der Waals surface area contributed by atoms with Crippen molar-refractivity contribution in [1.29, 1.82) is 0 Å². The molecule has 1 heterocycles. The monoisotopic (exact) mass is 315 g/mol. The second-order valence-corrected chi connectivity index (χ2v) is 5.68. The van der Waals surface area contributed by atoms with Crippen LogP contribution in [0.1, 0.15) is 17.9 Å². The summed E-state index contributed by atoms with van der Waals surface area (Å²) in [5.74, 6) is -1.56. The maximum absolute atomic E-state index is 12.4. The van der Waals surface area contributed by atoms with Crippen LogP contribution in [0.15, 0.2) is 54.6 Å². The van der Waals surface area contributed by atoms with Crippen LogP contribution in [0.25, 0.3) is 0 Å². The maximum atomic E-state index is 12.4. The zero-order chi connectivity index (χ0) is 15.7. The highest BCUT2D eigenvalue weighted by Crippen LogP contribution is 2.37. The van der Waals surface area contributed by atoms with Gasteiger partial charge in [-0.3, -0.25) is 9.69 Å². The first kappa shape index (κ1) is 14.6. The minimum absolute atomic E-state index is 0.184. The number of rotatable bonds is 3. The van der Waals surface area contributed by atoms with Crippen LogP contribution >= 0.6 is 11.6 Å². The number of anilines is 1. The fourth-order valence-corrected chi connectivity index (χ4v) is 3.05. The Labute approximate surface area is 132 Å². The number of aliphatic carboxylic acids is 1. The van der Waals surface area contributed by atoms with Crippen LogP contribution in [0.4, 0.5) is 5.69 Å². The predicted molar refractivity (Wildman–Crippen MR) is 84.2 cm³/mol. The molecule has 1 aliphatic heterocycles. The molecule has 1 fully saturated rings. The number of carboxylic acid groups (broad SMARTS) is 1. The molecule has 112 valence electrons. The lowest BCUT2D eigenvalue weighted by Gasteiger charge is -2.25. The van der Waals surface area contributed by atoms with Crippen LogP contribution in [0.2, 0.25) is 5.02 Å². The first-order chi connectivity index (χ1) is 10.6.